The van der Waals surface area contributed by atoms with E-state index in [4.69, 9.17) is 14.2 Å². The average Bonchev–Trinajstić information content (AvgIpc) is 2.84. The molecule has 0 bridgehead atoms. The second-order valence-corrected chi connectivity index (χ2v) is 6.90. The van der Waals surface area contributed by atoms with Gasteiger partial charge in [0.1, 0.15) is 5.75 Å². The van der Waals surface area contributed by atoms with Gasteiger partial charge in [-0.1, -0.05) is 42.5 Å². The highest BCUT2D eigenvalue weighted by Crippen LogP contribution is 2.28. The summed E-state index contributed by atoms with van der Waals surface area (Å²) >= 11 is 0. The molecule has 33 heavy (non-hydrogen) atoms. The highest BCUT2D eigenvalue weighted by atomic mass is 16.5. The molecule has 2 amide bonds. The van der Waals surface area contributed by atoms with E-state index >= 15 is 0 Å². The lowest BCUT2D eigenvalue weighted by atomic mass is 10.1. The number of nitrogens with one attached hydrogen (secondary N) is 2. The minimum atomic E-state index is -0.340. The van der Waals surface area contributed by atoms with Gasteiger partial charge in [0.25, 0.3) is 5.91 Å². The van der Waals surface area contributed by atoms with Crippen LogP contribution >= 0.6 is 0 Å². The third-order valence-corrected chi connectivity index (χ3v) is 4.54. The summed E-state index contributed by atoms with van der Waals surface area (Å²) in [6.45, 7) is -0.211. The molecule has 2 N–H and O–H groups in total. The lowest BCUT2D eigenvalue weighted by Crippen LogP contribution is -2.20. The number of methoxy groups -OCH3 is 2. The van der Waals surface area contributed by atoms with E-state index in [1.54, 1.807) is 36.4 Å². The zero-order valence-corrected chi connectivity index (χ0v) is 18.4. The summed E-state index contributed by atoms with van der Waals surface area (Å²) in [5, 5.41) is 6.73. The number of anilines is 1. The summed E-state index contributed by atoms with van der Waals surface area (Å²) in [5.41, 5.74) is 4.65. The molecule has 3 aromatic carbocycles. The predicted octanol–water partition coefficient (Wildman–Crippen LogP) is 3.41. The van der Waals surface area contributed by atoms with Crippen LogP contribution in [0.15, 0.2) is 77.9 Å². The highest BCUT2D eigenvalue weighted by Gasteiger charge is 2.11. The number of para-hydroxylation sites is 2. The largest absolute Gasteiger partial charge is 0.495 e. The number of ether oxygens (including phenoxy) is 3. The number of nitrogens with zero attached hydrogens (tertiary/aromatic N) is 1. The molecule has 0 aliphatic rings. The smallest absolute Gasteiger partial charge is 0.262 e. The van der Waals surface area contributed by atoms with Gasteiger partial charge in [-0.3, -0.25) is 9.59 Å². The number of rotatable bonds is 10. The Morgan fingerprint density at radius 1 is 0.848 bits per heavy atom. The predicted molar refractivity (Wildman–Crippen MR) is 126 cm³/mol. The number of carbonyl (C=O) groups is 2. The summed E-state index contributed by atoms with van der Waals surface area (Å²) in [6.07, 6.45) is 1.74. The van der Waals surface area contributed by atoms with Crippen LogP contribution in [-0.4, -0.2) is 38.9 Å². The number of benzene rings is 3. The van der Waals surface area contributed by atoms with Crippen LogP contribution in [0.5, 0.6) is 17.2 Å². The van der Waals surface area contributed by atoms with Crippen LogP contribution < -0.4 is 25.0 Å². The van der Waals surface area contributed by atoms with Gasteiger partial charge in [0.15, 0.2) is 18.1 Å². The SMILES string of the molecule is COc1ccccc1NC(=O)COc1ccc(C=NNC(=O)Cc2ccccc2)cc1OC. The fourth-order valence-corrected chi connectivity index (χ4v) is 2.96. The second-order valence-electron chi connectivity index (χ2n) is 6.90. The van der Waals surface area contributed by atoms with Crippen molar-refractivity contribution in [2.75, 3.05) is 26.1 Å². The molecule has 170 valence electrons. The molecule has 0 aliphatic heterocycles. The molecule has 8 nitrogen and oxygen atoms in total. The number of carbonyl (C=O) groups excluding carboxylic acids is 2. The molecule has 3 aromatic rings. The summed E-state index contributed by atoms with van der Waals surface area (Å²) in [4.78, 5) is 24.2. The van der Waals surface area contributed by atoms with Crippen LogP contribution in [0.1, 0.15) is 11.1 Å². The van der Waals surface area contributed by atoms with Gasteiger partial charge in [0.2, 0.25) is 5.91 Å². The number of hydrogen-bond acceptors (Lipinski definition) is 6. The Morgan fingerprint density at radius 2 is 1.58 bits per heavy atom. The normalized spacial score (nSPS) is 10.5. The van der Waals surface area contributed by atoms with Crippen molar-refractivity contribution < 1.29 is 23.8 Å². The van der Waals surface area contributed by atoms with Crippen molar-refractivity contribution in [1.29, 1.82) is 0 Å². The minimum Gasteiger partial charge on any atom is -0.495 e. The molecule has 0 aromatic heterocycles. The van der Waals surface area contributed by atoms with E-state index in [0.29, 0.717) is 28.5 Å². The molecule has 0 unspecified atom stereocenters. The van der Waals surface area contributed by atoms with Crippen molar-refractivity contribution >= 4 is 23.7 Å². The first kappa shape index (κ1) is 23.3. The summed E-state index contributed by atoms with van der Waals surface area (Å²) in [7, 11) is 3.03. The van der Waals surface area contributed by atoms with Gasteiger partial charge in [-0.2, -0.15) is 5.10 Å². The standard InChI is InChI=1S/C25H25N3O5/c1-31-21-11-7-6-10-20(21)27-25(30)17-33-22-13-12-19(14-23(22)32-2)16-26-28-24(29)15-18-8-4-3-5-9-18/h3-14,16H,15,17H2,1-2H3,(H,27,30)(H,28,29). The van der Waals surface area contributed by atoms with Crippen LogP contribution in [0.4, 0.5) is 5.69 Å². The quantitative estimate of drug-likeness (QED) is 0.367. The number of hydrogen-bond donors (Lipinski definition) is 2. The van der Waals surface area contributed by atoms with E-state index in [1.807, 2.05) is 36.4 Å². The van der Waals surface area contributed by atoms with Gasteiger partial charge in [-0.05, 0) is 41.5 Å². The van der Waals surface area contributed by atoms with E-state index in [-0.39, 0.29) is 24.8 Å². The topological polar surface area (TPSA) is 98.3 Å². The van der Waals surface area contributed by atoms with Gasteiger partial charge >= 0.3 is 0 Å². The molecule has 0 heterocycles. The zero-order chi connectivity index (χ0) is 23.5. The Bertz CT molecular complexity index is 1120. The summed E-state index contributed by atoms with van der Waals surface area (Å²) in [6, 6.07) is 21.6. The summed E-state index contributed by atoms with van der Waals surface area (Å²) in [5.74, 6) is 0.833. The van der Waals surface area contributed by atoms with E-state index < -0.39 is 0 Å². The molecule has 0 aliphatic carbocycles. The fraction of sp³-hybridized carbons (Fsp3) is 0.160. The molecule has 0 fully saturated rings. The van der Waals surface area contributed by atoms with E-state index in [9.17, 15) is 9.59 Å². The lowest BCUT2D eigenvalue weighted by Gasteiger charge is -2.12. The fourth-order valence-electron chi connectivity index (χ4n) is 2.96. The van der Waals surface area contributed by atoms with Gasteiger partial charge in [0.05, 0.1) is 32.5 Å². The van der Waals surface area contributed by atoms with Crippen LogP contribution in [0.25, 0.3) is 0 Å². The zero-order valence-electron chi connectivity index (χ0n) is 18.4. The Hall–Kier alpha value is -4.33. The van der Waals surface area contributed by atoms with Crippen molar-refractivity contribution in [3.63, 3.8) is 0 Å². The maximum atomic E-state index is 12.3. The molecular formula is C25H25N3O5. The molecule has 0 radical (unpaired) electrons. The number of amides is 2. The molecular weight excluding hydrogens is 422 g/mol. The van der Waals surface area contributed by atoms with Crippen LogP contribution in [0.3, 0.4) is 0 Å². The maximum Gasteiger partial charge on any atom is 0.262 e. The first-order valence-electron chi connectivity index (χ1n) is 10.2. The first-order valence-corrected chi connectivity index (χ1v) is 10.2. The average molecular weight is 447 g/mol. The third kappa shape index (κ3) is 7.10. The Balaban J connectivity index is 1.54. The lowest BCUT2D eigenvalue weighted by molar-refractivity contribution is -0.120. The van der Waals surface area contributed by atoms with E-state index in [0.717, 1.165) is 5.56 Å². The van der Waals surface area contributed by atoms with Crippen LogP contribution in [0.2, 0.25) is 0 Å². The van der Waals surface area contributed by atoms with Crippen molar-refractivity contribution in [2.24, 2.45) is 5.10 Å². The van der Waals surface area contributed by atoms with Gasteiger partial charge < -0.3 is 19.5 Å². The minimum absolute atomic E-state index is 0.211. The van der Waals surface area contributed by atoms with Gasteiger partial charge in [-0.15, -0.1) is 0 Å². The van der Waals surface area contributed by atoms with Gasteiger partial charge in [0, 0.05) is 0 Å². The summed E-state index contributed by atoms with van der Waals surface area (Å²) < 4.78 is 16.2. The number of hydrazone groups is 1. The molecule has 0 saturated heterocycles. The molecule has 8 heteroatoms. The van der Waals surface area contributed by atoms with E-state index in [1.165, 1.54) is 20.4 Å². The second kappa shape index (κ2) is 11.9. The monoisotopic (exact) mass is 447 g/mol. The highest BCUT2D eigenvalue weighted by molar-refractivity contribution is 5.93. The van der Waals surface area contributed by atoms with Crippen molar-refractivity contribution in [3.05, 3.63) is 83.9 Å². The Labute approximate surface area is 192 Å². The Morgan fingerprint density at radius 3 is 2.33 bits per heavy atom. The molecule has 3 rings (SSSR count). The maximum absolute atomic E-state index is 12.3. The van der Waals surface area contributed by atoms with Crippen LogP contribution in [0, 0.1) is 0 Å². The van der Waals surface area contributed by atoms with Crippen molar-refractivity contribution in [1.82, 2.24) is 5.43 Å². The Kier molecular flexibility index (Phi) is 8.41. The molecule has 0 saturated carbocycles. The van der Waals surface area contributed by atoms with E-state index in [2.05, 4.69) is 15.8 Å². The van der Waals surface area contributed by atoms with Crippen LogP contribution in [-0.2, 0) is 16.0 Å². The van der Waals surface area contributed by atoms with Crippen molar-refractivity contribution in [2.45, 2.75) is 6.42 Å². The first-order chi connectivity index (χ1) is 16.1. The third-order valence-electron chi connectivity index (χ3n) is 4.54. The molecule has 0 spiro atoms. The van der Waals surface area contributed by atoms with Gasteiger partial charge in [-0.25, -0.2) is 5.43 Å². The van der Waals surface area contributed by atoms with Crippen molar-refractivity contribution in [3.8, 4) is 17.2 Å². The molecule has 0 atom stereocenters.